The summed E-state index contributed by atoms with van der Waals surface area (Å²) in [7, 11) is 2.02. The number of H-pyrrole nitrogens is 2. The van der Waals surface area contributed by atoms with Gasteiger partial charge in [0.05, 0.1) is 46.3 Å². The van der Waals surface area contributed by atoms with Gasteiger partial charge in [-0.2, -0.15) is 0 Å². The molecule has 2 saturated heterocycles. The number of hydrogen-bond acceptors (Lipinski definition) is 9. The van der Waals surface area contributed by atoms with Crippen LogP contribution in [0, 0.1) is 55.7 Å². The highest BCUT2D eigenvalue weighted by atomic mass is 16.6. The smallest absolute Gasteiger partial charge is 0.160 e. The van der Waals surface area contributed by atoms with E-state index in [9.17, 15) is 20.1 Å². The molecule has 452 valence electrons. The first kappa shape index (κ1) is 56.3. The van der Waals surface area contributed by atoms with Gasteiger partial charge in [-0.25, -0.2) is 0 Å². The van der Waals surface area contributed by atoms with Crippen LogP contribution in [0.2, 0.25) is 0 Å². The van der Waals surface area contributed by atoms with Gasteiger partial charge >= 0.3 is 0 Å². The number of carbonyl (C=O) groups is 3. The SMILES string of the molecule is CNCC[C@]1(C)C(=O)[C@H]2c3cc[nH]c3[C@H]3CC[C@@]2(C3)[C@@]2(C)[C@H]3[C@H](O)[C@@H]4Cn5cc([C@H](C=O)c6cc(C7CCCCC7)cc(C7(O)CCOCC7)c6)c6[nH]cc(c65)CC[C@@](C)(C[C@@H](O)[C@H]5OC5(C)C)C5=C4[C@](C)(CC5=O)[C@@]3(C)CC3(CCCC3)[C@H]21. The van der Waals surface area contributed by atoms with E-state index in [-0.39, 0.29) is 35.1 Å². The van der Waals surface area contributed by atoms with Gasteiger partial charge in [-0.05, 0) is 195 Å². The molecule has 12 nitrogen and oxygen atoms in total. The van der Waals surface area contributed by atoms with Gasteiger partial charge in [-0.1, -0.05) is 84.9 Å². The van der Waals surface area contributed by atoms with E-state index in [1.54, 1.807) is 0 Å². The number of benzene rings is 1. The Labute approximate surface area is 497 Å². The third kappa shape index (κ3) is 7.42. The number of carbonyl (C=O) groups excluding carboxylic acids is 3. The predicted molar refractivity (Wildman–Crippen MR) is 324 cm³/mol. The Kier molecular flexibility index (Phi) is 12.7. The Morgan fingerprint density at radius 1 is 0.905 bits per heavy atom. The topological polar surface area (TPSA) is 182 Å². The molecule has 3 aliphatic heterocycles. The number of nitrogens with one attached hydrogen (secondary N) is 3. The maximum atomic E-state index is 16.5. The fourth-order valence-electron chi connectivity index (χ4n) is 24.0. The van der Waals surface area contributed by atoms with Crippen LogP contribution in [0.3, 0.4) is 0 Å². The highest BCUT2D eigenvalue weighted by molar-refractivity contribution is 6.02. The van der Waals surface area contributed by atoms with Crippen molar-refractivity contribution < 1.29 is 39.2 Å². The lowest BCUT2D eigenvalue weighted by molar-refractivity contribution is -0.303. The Balaban J connectivity index is 0.948. The van der Waals surface area contributed by atoms with Crippen molar-refractivity contribution in [3.05, 3.63) is 93.1 Å². The summed E-state index contributed by atoms with van der Waals surface area (Å²) in [6.07, 6.45) is 22.9. The lowest BCUT2D eigenvalue weighted by Crippen LogP contribution is -2.77. The highest BCUT2D eigenvalue weighted by Gasteiger charge is 2.84. The van der Waals surface area contributed by atoms with Crippen molar-refractivity contribution in [1.29, 1.82) is 0 Å². The van der Waals surface area contributed by atoms with E-state index >= 15 is 9.59 Å². The van der Waals surface area contributed by atoms with Crippen molar-refractivity contribution in [2.24, 2.45) is 55.7 Å². The number of ketones is 2. The van der Waals surface area contributed by atoms with Gasteiger partial charge in [0.25, 0.3) is 0 Å². The number of aldehydes is 1. The zero-order valence-corrected chi connectivity index (χ0v) is 51.7. The van der Waals surface area contributed by atoms with Gasteiger partial charge < -0.3 is 49.4 Å². The first-order chi connectivity index (χ1) is 40.1. The number of ether oxygens (including phenoxy) is 2. The number of Topliss-reactive ketones (excluding diaryl/α,β-unsaturated/α-hetero) is 2. The average molecular weight is 1150 g/mol. The number of fused-ring (bicyclic) bond motifs is 9. The Morgan fingerprint density at radius 2 is 1.65 bits per heavy atom. The van der Waals surface area contributed by atoms with Crippen LogP contribution in [0.25, 0.3) is 11.0 Å². The van der Waals surface area contributed by atoms with Crippen molar-refractivity contribution in [2.45, 2.75) is 237 Å². The number of rotatable bonds is 11. The summed E-state index contributed by atoms with van der Waals surface area (Å²) in [5, 5.41) is 43.3. The van der Waals surface area contributed by atoms with Crippen LogP contribution < -0.4 is 5.32 Å². The molecule has 15 atom stereocenters. The lowest BCUT2D eigenvalue weighted by Gasteiger charge is -2.79. The summed E-state index contributed by atoms with van der Waals surface area (Å²) >= 11 is 0. The summed E-state index contributed by atoms with van der Waals surface area (Å²) in [6.45, 7) is 18.3. The zero-order valence-electron chi connectivity index (χ0n) is 51.7. The van der Waals surface area contributed by atoms with Crippen LogP contribution >= 0.6 is 0 Å². The van der Waals surface area contributed by atoms with Crippen molar-refractivity contribution in [3.8, 4) is 0 Å². The van der Waals surface area contributed by atoms with Crippen molar-refractivity contribution in [3.63, 3.8) is 0 Å². The molecular formula is C72H96N4O8. The molecule has 2 spiro atoms. The second-order valence-corrected chi connectivity index (χ2v) is 31.9. The van der Waals surface area contributed by atoms with E-state index < -0.39 is 67.7 Å². The summed E-state index contributed by atoms with van der Waals surface area (Å²) in [5.41, 5.74) is 5.91. The molecule has 0 radical (unpaired) electrons. The standard InChI is InChI=1S/C72H96N4O8/c1-64(2)62(84-64)52(79)34-65(3)21-16-43-36-75-57-48(50(39-77)45-30-44(41-14-10-9-11-15-41)31-46(32-45)72(82)24-28-83-29-25-72)37-76(58(43)57)38-49-53-55(65)51(78)35-67(53,5)68(6)40-70(19-12-13-20-70)63-66(4,23-27-73-8)61(81)54-47-18-26-74-56(47)42-17-22-71(54,33-42)69(63,7)60(68)59(49)80/h18,26,30-32,36-37,39,41-42,49-50,52,54,59-60,62-63,73-75,79-80,82H,9-17,19-25,27-29,33-35,38,40H2,1-8H3/t42-,49+,50+,52+,54+,59+,60-,62+,63-,65-,66+,67-,68-,69-,71-/m0/s1. The number of allylic oxidation sites excluding steroid dienone is 1. The molecule has 0 unspecified atom stereocenters. The number of nitrogens with zero attached hydrogens (tertiary/aromatic N) is 1. The second-order valence-electron chi connectivity index (χ2n) is 31.9. The third-order valence-electron chi connectivity index (χ3n) is 27.5. The van der Waals surface area contributed by atoms with E-state index in [1.807, 2.05) is 20.9 Å². The van der Waals surface area contributed by atoms with Crippen LogP contribution in [0.1, 0.15) is 233 Å². The first-order valence-electron chi connectivity index (χ1n) is 33.3. The van der Waals surface area contributed by atoms with E-state index in [1.165, 1.54) is 36.1 Å². The van der Waals surface area contributed by atoms with E-state index in [0.717, 1.165) is 128 Å². The van der Waals surface area contributed by atoms with E-state index in [4.69, 9.17) is 9.47 Å². The number of aromatic nitrogens is 3. The minimum absolute atomic E-state index is 0.0135. The number of epoxide rings is 1. The maximum absolute atomic E-state index is 16.5. The Morgan fingerprint density at radius 3 is 2.37 bits per heavy atom. The fourth-order valence-corrected chi connectivity index (χ4v) is 24.0. The summed E-state index contributed by atoms with van der Waals surface area (Å²) in [4.78, 5) is 54.5. The minimum Gasteiger partial charge on any atom is -0.392 e. The molecule has 12 heteroatoms. The largest absolute Gasteiger partial charge is 0.392 e. The van der Waals surface area contributed by atoms with Crippen molar-refractivity contribution >= 4 is 28.9 Å². The molecule has 8 aliphatic carbocycles. The first-order valence-corrected chi connectivity index (χ1v) is 33.3. The fraction of sp³-hybridized carbons (Fsp3) is 0.708. The monoisotopic (exact) mass is 1140 g/mol. The average Bonchev–Trinajstić information content (AvgIpc) is 1.08. The molecule has 6 saturated carbocycles. The van der Waals surface area contributed by atoms with Crippen LogP contribution in [0.4, 0.5) is 0 Å². The number of aryl methyl sites for hydroxylation is 1. The summed E-state index contributed by atoms with van der Waals surface area (Å²) in [5.74, 6) is -0.497. The molecule has 11 aliphatic rings. The van der Waals surface area contributed by atoms with Crippen LogP contribution in [0.5, 0.6) is 0 Å². The molecule has 0 amide bonds. The normalized spacial score (nSPS) is 40.5. The second kappa shape index (κ2) is 18.9. The summed E-state index contributed by atoms with van der Waals surface area (Å²) < 4.78 is 14.4. The molecule has 84 heavy (non-hydrogen) atoms. The van der Waals surface area contributed by atoms with Gasteiger partial charge in [-0.15, -0.1) is 0 Å². The molecular weight excluding hydrogens is 1050 g/mol. The predicted octanol–water partition coefficient (Wildman–Crippen LogP) is 12.3. The van der Waals surface area contributed by atoms with Crippen LogP contribution in [-0.4, -0.2) is 98.4 Å². The van der Waals surface area contributed by atoms with Gasteiger partial charge in [0.15, 0.2) is 5.78 Å². The lowest BCUT2D eigenvalue weighted by atomic mass is 9.24. The van der Waals surface area contributed by atoms with Crippen LogP contribution in [0.15, 0.2) is 54.0 Å². The van der Waals surface area contributed by atoms with Gasteiger partial charge in [0.1, 0.15) is 18.2 Å². The molecule has 2 bridgehead atoms. The molecule has 6 heterocycles. The quantitative estimate of drug-likeness (QED) is 0.0629. The van der Waals surface area contributed by atoms with Crippen molar-refractivity contribution in [2.75, 3.05) is 26.8 Å². The third-order valence-corrected chi connectivity index (χ3v) is 27.5. The Hall–Kier alpha value is -4.17. The molecule has 8 fully saturated rings. The number of aliphatic hydroxyl groups excluding tert-OH is 2. The van der Waals surface area contributed by atoms with E-state index in [0.29, 0.717) is 75.9 Å². The summed E-state index contributed by atoms with van der Waals surface area (Å²) in [6, 6.07) is 8.84. The number of aliphatic hydroxyl groups is 3. The zero-order chi connectivity index (χ0) is 58.5. The van der Waals surface area contributed by atoms with Gasteiger partial charge in [-0.3, -0.25) is 9.59 Å². The molecule has 15 rings (SSSR count). The minimum atomic E-state index is -1.06. The van der Waals surface area contributed by atoms with Crippen LogP contribution in [-0.2, 0) is 42.4 Å². The molecule has 3 aromatic heterocycles. The maximum Gasteiger partial charge on any atom is 0.160 e. The van der Waals surface area contributed by atoms with Gasteiger partial charge in [0.2, 0.25) is 0 Å². The molecule has 4 aromatic rings. The van der Waals surface area contributed by atoms with E-state index in [2.05, 4.69) is 97.3 Å². The van der Waals surface area contributed by atoms with Gasteiger partial charge in [0, 0.05) is 91.2 Å². The number of hydrogen-bond donors (Lipinski definition) is 6. The molecule has 6 N–H and O–H groups in total. The molecule has 1 aromatic carbocycles. The Bertz CT molecular complexity index is 3380. The number of aromatic amines is 2. The highest BCUT2D eigenvalue weighted by Crippen LogP contribution is 2.87. The van der Waals surface area contributed by atoms with Crippen molar-refractivity contribution in [1.82, 2.24) is 19.9 Å².